The lowest BCUT2D eigenvalue weighted by atomic mass is 10.1. The molecular formula is C22H23N5O. The van der Waals surface area contributed by atoms with Gasteiger partial charge >= 0.3 is 0 Å². The van der Waals surface area contributed by atoms with Gasteiger partial charge in [-0.05, 0) is 49.2 Å². The zero-order valence-corrected chi connectivity index (χ0v) is 16.3. The maximum Gasteiger partial charge on any atom is 0.251 e. The Kier molecular flexibility index (Phi) is 4.69. The Morgan fingerprint density at radius 3 is 2.68 bits per heavy atom. The molecule has 0 aliphatic rings. The lowest BCUT2D eigenvalue weighted by molar-refractivity contribution is 0.0951. The summed E-state index contributed by atoms with van der Waals surface area (Å²) >= 11 is 0. The molecule has 0 atom stereocenters. The predicted octanol–water partition coefficient (Wildman–Crippen LogP) is 3.36. The number of hydrogen-bond donors (Lipinski definition) is 1. The molecule has 2 aromatic carbocycles. The topological polar surface area (TPSA) is 64.7 Å². The average Bonchev–Trinajstić information content (AvgIpc) is 3.21. The quantitative estimate of drug-likeness (QED) is 0.583. The van der Waals surface area contributed by atoms with E-state index in [-0.39, 0.29) is 5.91 Å². The molecule has 0 fully saturated rings. The summed E-state index contributed by atoms with van der Waals surface area (Å²) in [6, 6.07) is 15.9. The first kappa shape index (κ1) is 18.0. The molecule has 2 heterocycles. The van der Waals surface area contributed by atoms with Gasteiger partial charge in [0.25, 0.3) is 5.91 Å². The standard InChI is InChI=1S/C22H23N5O/c1-15-9-16(2)27(25-15)13-18-6-4-5-17(10-18)12-23-22(28)19-7-8-21-20(11-19)24-14-26(21)3/h4-11,14H,12-13H2,1-3H3,(H,23,28). The van der Waals surface area contributed by atoms with Crippen LogP contribution in [0.1, 0.15) is 32.9 Å². The van der Waals surface area contributed by atoms with E-state index >= 15 is 0 Å². The normalized spacial score (nSPS) is 11.1. The molecule has 142 valence electrons. The Labute approximate surface area is 163 Å². The first-order valence-electron chi connectivity index (χ1n) is 9.28. The van der Waals surface area contributed by atoms with Crippen molar-refractivity contribution in [1.29, 1.82) is 0 Å². The number of amides is 1. The second-order valence-corrected chi connectivity index (χ2v) is 7.15. The molecule has 28 heavy (non-hydrogen) atoms. The molecule has 0 radical (unpaired) electrons. The molecule has 4 aromatic rings. The van der Waals surface area contributed by atoms with Crippen LogP contribution in [0.3, 0.4) is 0 Å². The molecule has 1 N–H and O–H groups in total. The fraction of sp³-hybridized carbons (Fsp3) is 0.227. The number of nitrogens with zero attached hydrogens (tertiary/aromatic N) is 4. The lowest BCUT2D eigenvalue weighted by Gasteiger charge is -2.09. The number of rotatable bonds is 5. The van der Waals surface area contributed by atoms with Gasteiger partial charge in [-0.3, -0.25) is 9.48 Å². The van der Waals surface area contributed by atoms with Crippen molar-refractivity contribution in [2.75, 3.05) is 0 Å². The van der Waals surface area contributed by atoms with Gasteiger partial charge in [0.15, 0.2) is 0 Å². The minimum absolute atomic E-state index is 0.100. The van der Waals surface area contributed by atoms with E-state index in [1.54, 1.807) is 6.33 Å². The molecule has 0 saturated carbocycles. The second-order valence-electron chi connectivity index (χ2n) is 7.15. The number of aromatic nitrogens is 4. The van der Waals surface area contributed by atoms with E-state index < -0.39 is 0 Å². The number of nitrogens with one attached hydrogen (secondary N) is 1. The fourth-order valence-corrected chi connectivity index (χ4v) is 3.41. The molecule has 6 heteroatoms. The fourth-order valence-electron chi connectivity index (χ4n) is 3.41. The van der Waals surface area contributed by atoms with Gasteiger partial charge in [0.2, 0.25) is 0 Å². The minimum atomic E-state index is -0.100. The first-order valence-corrected chi connectivity index (χ1v) is 9.28. The summed E-state index contributed by atoms with van der Waals surface area (Å²) in [5, 5.41) is 7.51. The predicted molar refractivity (Wildman–Crippen MR) is 109 cm³/mol. The molecular weight excluding hydrogens is 350 g/mol. The Morgan fingerprint density at radius 1 is 1.07 bits per heavy atom. The van der Waals surface area contributed by atoms with Crippen molar-refractivity contribution in [2.24, 2.45) is 7.05 Å². The third-order valence-corrected chi connectivity index (χ3v) is 4.87. The Morgan fingerprint density at radius 2 is 1.89 bits per heavy atom. The summed E-state index contributed by atoms with van der Waals surface area (Å²) in [5.74, 6) is -0.100. The molecule has 1 amide bonds. The highest BCUT2D eigenvalue weighted by molar-refractivity contribution is 5.97. The number of fused-ring (bicyclic) bond motifs is 1. The Balaban J connectivity index is 1.43. The first-order chi connectivity index (χ1) is 13.5. The van der Waals surface area contributed by atoms with E-state index in [0.29, 0.717) is 12.1 Å². The van der Waals surface area contributed by atoms with Gasteiger partial charge in [-0.25, -0.2) is 4.98 Å². The van der Waals surface area contributed by atoms with Crippen LogP contribution < -0.4 is 5.32 Å². The van der Waals surface area contributed by atoms with Crippen LogP contribution in [0.15, 0.2) is 54.9 Å². The van der Waals surface area contributed by atoms with E-state index in [9.17, 15) is 4.79 Å². The summed E-state index contributed by atoms with van der Waals surface area (Å²) in [4.78, 5) is 16.8. The third kappa shape index (κ3) is 3.67. The summed E-state index contributed by atoms with van der Waals surface area (Å²) < 4.78 is 3.93. The van der Waals surface area contributed by atoms with Crippen LogP contribution in [0.25, 0.3) is 11.0 Å². The molecule has 0 saturated heterocycles. The van der Waals surface area contributed by atoms with Crippen molar-refractivity contribution in [2.45, 2.75) is 26.9 Å². The zero-order chi connectivity index (χ0) is 19.7. The average molecular weight is 373 g/mol. The number of benzene rings is 2. The molecule has 0 aliphatic carbocycles. The molecule has 0 aliphatic heterocycles. The highest BCUT2D eigenvalue weighted by Crippen LogP contribution is 2.14. The van der Waals surface area contributed by atoms with Crippen molar-refractivity contribution < 1.29 is 4.79 Å². The van der Waals surface area contributed by atoms with Crippen molar-refractivity contribution in [3.05, 3.63) is 82.9 Å². The maximum absolute atomic E-state index is 12.5. The second kappa shape index (κ2) is 7.31. The Bertz CT molecular complexity index is 1150. The van der Waals surface area contributed by atoms with Gasteiger partial charge < -0.3 is 9.88 Å². The number of hydrogen-bond acceptors (Lipinski definition) is 3. The van der Waals surface area contributed by atoms with Crippen molar-refractivity contribution in [1.82, 2.24) is 24.6 Å². The van der Waals surface area contributed by atoms with Gasteiger partial charge in [-0.15, -0.1) is 0 Å². The minimum Gasteiger partial charge on any atom is -0.348 e. The number of aryl methyl sites for hydroxylation is 3. The van der Waals surface area contributed by atoms with Gasteiger partial charge in [0, 0.05) is 24.8 Å². The van der Waals surface area contributed by atoms with Crippen LogP contribution in [-0.4, -0.2) is 25.2 Å². The van der Waals surface area contributed by atoms with Crippen LogP contribution in [0.4, 0.5) is 0 Å². The highest BCUT2D eigenvalue weighted by atomic mass is 16.1. The van der Waals surface area contributed by atoms with Crippen molar-refractivity contribution in [3.63, 3.8) is 0 Å². The summed E-state index contributed by atoms with van der Waals surface area (Å²) in [6.45, 7) is 5.25. The largest absolute Gasteiger partial charge is 0.348 e. The molecule has 0 spiro atoms. The van der Waals surface area contributed by atoms with E-state index in [0.717, 1.165) is 40.1 Å². The molecule has 2 aromatic heterocycles. The van der Waals surface area contributed by atoms with E-state index in [1.807, 2.05) is 53.6 Å². The van der Waals surface area contributed by atoms with E-state index in [1.165, 1.54) is 0 Å². The summed E-state index contributed by atoms with van der Waals surface area (Å²) in [6.07, 6.45) is 1.75. The van der Waals surface area contributed by atoms with E-state index in [2.05, 4.69) is 40.5 Å². The highest BCUT2D eigenvalue weighted by Gasteiger charge is 2.09. The van der Waals surface area contributed by atoms with Gasteiger partial charge in [-0.2, -0.15) is 5.10 Å². The van der Waals surface area contributed by atoms with Crippen LogP contribution in [0, 0.1) is 13.8 Å². The van der Waals surface area contributed by atoms with Gasteiger partial charge in [-0.1, -0.05) is 24.3 Å². The SMILES string of the molecule is Cc1cc(C)n(Cc2cccc(CNC(=O)c3ccc4c(c3)ncn4C)c2)n1. The number of imidazole rings is 1. The summed E-state index contributed by atoms with van der Waals surface area (Å²) in [7, 11) is 1.94. The van der Waals surface area contributed by atoms with Crippen molar-refractivity contribution >= 4 is 16.9 Å². The van der Waals surface area contributed by atoms with Crippen molar-refractivity contribution in [3.8, 4) is 0 Å². The molecule has 0 bridgehead atoms. The van der Waals surface area contributed by atoms with Gasteiger partial charge in [0.1, 0.15) is 0 Å². The van der Waals surface area contributed by atoms with Crippen LogP contribution in [0.2, 0.25) is 0 Å². The van der Waals surface area contributed by atoms with Gasteiger partial charge in [0.05, 0.1) is 29.6 Å². The summed E-state index contributed by atoms with van der Waals surface area (Å²) in [5.41, 5.74) is 6.83. The molecule has 0 unspecified atom stereocenters. The lowest BCUT2D eigenvalue weighted by Crippen LogP contribution is -2.22. The smallest absolute Gasteiger partial charge is 0.251 e. The number of carbonyl (C=O) groups is 1. The number of carbonyl (C=O) groups excluding carboxylic acids is 1. The third-order valence-electron chi connectivity index (χ3n) is 4.87. The molecule has 6 nitrogen and oxygen atoms in total. The maximum atomic E-state index is 12.5. The van der Waals surface area contributed by atoms with Crippen LogP contribution >= 0.6 is 0 Å². The van der Waals surface area contributed by atoms with Crippen LogP contribution in [-0.2, 0) is 20.1 Å². The monoisotopic (exact) mass is 373 g/mol. The zero-order valence-electron chi connectivity index (χ0n) is 16.3. The van der Waals surface area contributed by atoms with E-state index in [4.69, 9.17) is 0 Å². The Hall–Kier alpha value is -3.41. The van der Waals surface area contributed by atoms with Crippen LogP contribution in [0.5, 0.6) is 0 Å². The molecule has 4 rings (SSSR count).